The number of hydrogen-bond donors (Lipinski definition) is 3. The van der Waals surface area contributed by atoms with Crippen LogP contribution in [0.1, 0.15) is 62.8 Å². The number of H-pyrrole nitrogens is 1. The fraction of sp³-hybridized carbons (Fsp3) is 0.407. The zero-order valence-electron chi connectivity index (χ0n) is 22.6. The number of nitrogens with one attached hydrogen (secondary N) is 3. The molecule has 0 radical (unpaired) electrons. The molecular formula is C27H30Cl2N8O3. The molecule has 0 spiro atoms. The molecule has 1 aliphatic heterocycles. The number of carbonyl (C=O) groups excluding carboxylic acids is 2. The average molecular weight is 585 g/mol. The van der Waals surface area contributed by atoms with Crippen LogP contribution in [0, 0.1) is 0 Å². The number of imidazole rings is 1. The third kappa shape index (κ3) is 6.05. The van der Waals surface area contributed by atoms with E-state index in [1.807, 2.05) is 13.0 Å². The van der Waals surface area contributed by atoms with Crippen molar-refractivity contribution >= 4 is 63.1 Å². The van der Waals surface area contributed by atoms with E-state index in [1.165, 1.54) is 6.33 Å². The van der Waals surface area contributed by atoms with E-state index in [0.29, 0.717) is 52.0 Å². The van der Waals surface area contributed by atoms with Crippen molar-refractivity contribution in [3.63, 3.8) is 0 Å². The number of halogens is 2. The first-order valence-electron chi connectivity index (χ1n) is 13.0. The molecule has 40 heavy (non-hydrogen) atoms. The van der Waals surface area contributed by atoms with Crippen molar-refractivity contribution in [1.29, 1.82) is 0 Å². The smallest absolute Gasteiger partial charge is 0.407 e. The second-order valence-corrected chi connectivity index (χ2v) is 11.5. The summed E-state index contributed by atoms with van der Waals surface area (Å²) in [7, 11) is 0. The second-order valence-electron chi connectivity index (χ2n) is 10.7. The first-order chi connectivity index (χ1) is 19.0. The van der Waals surface area contributed by atoms with Crippen LogP contribution < -0.4 is 10.6 Å². The lowest BCUT2D eigenvalue weighted by atomic mass is 10.1. The van der Waals surface area contributed by atoms with Gasteiger partial charge < -0.3 is 25.3 Å². The first kappa shape index (κ1) is 27.9. The van der Waals surface area contributed by atoms with Gasteiger partial charge >= 0.3 is 6.09 Å². The Labute approximate surface area is 241 Å². The van der Waals surface area contributed by atoms with Gasteiger partial charge in [0.2, 0.25) is 0 Å². The van der Waals surface area contributed by atoms with Crippen LogP contribution in [0.2, 0.25) is 10.2 Å². The monoisotopic (exact) mass is 584 g/mol. The van der Waals surface area contributed by atoms with E-state index < -0.39 is 11.7 Å². The molecule has 4 heterocycles. The SMILES string of the molecule is CC(Nc1ncnc2cc(C(=O)N3CCC[C@H]3CNC(=O)OC(C)(C)C)c(Cl)cc12)c1nc2nc(Cl)ccc2[nH]1. The molecule has 0 saturated carbocycles. The van der Waals surface area contributed by atoms with E-state index in [0.717, 1.165) is 18.4 Å². The number of hydrogen-bond acceptors (Lipinski definition) is 8. The molecule has 2 atom stereocenters. The quantitative estimate of drug-likeness (QED) is 0.252. The number of aromatic amines is 1. The van der Waals surface area contributed by atoms with Gasteiger partial charge in [0.05, 0.1) is 27.7 Å². The predicted molar refractivity (Wildman–Crippen MR) is 154 cm³/mol. The summed E-state index contributed by atoms with van der Waals surface area (Å²) in [6.07, 6.45) is 2.52. The summed E-state index contributed by atoms with van der Waals surface area (Å²) in [6, 6.07) is 6.48. The number of benzene rings is 1. The first-order valence-corrected chi connectivity index (χ1v) is 13.7. The summed E-state index contributed by atoms with van der Waals surface area (Å²) in [5.74, 6) is 0.996. The molecule has 210 valence electrons. The Morgan fingerprint density at radius 1 is 1.20 bits per heavy atom. The van der Waals surface area contributed by atoms with Gasteiger partial charge in [0.15, 0.2) is 5.65 Å². The number of pyridine rings is 1. The van der Waals surface area contributed by atoms with Crippen LogP contribution in [-0.4, -0.2) is 66.6 Å². The standard InChI is InChI=1S/C27H30Cl2N8O3/c1-14(22-34-19-7-8-21(29)35-24(19)36-22)33-23-17-10-18(28)16(11-20(17)31-13-32-23)25(38)37-9-5-6-15(37)12-30-26(39)40-27(2,3)4/h7-8,10-11,13-15H,5-6,9,12H2,1-4H3,(H,30,39)(H,31,32,33)(H,34,35,36)/t14?,15-/m0/s1. The molecule has 0 bridgehead atoms. The van der Waals surface area contributed by atoms with E-state index in [1.54, 1.807) is 43.9 Å². The predicted octanol–water partition coefficient (Wildman–Crippen LogP) is 5.51. The summed E-state index contributed by atoms with van der Waals surface area (Å²) in [4.78, 5) is 48.2. The zero-order valence-corrected chi connectivity index (χ0v) is 24.1. The van der Waals surface area contributed by atoms with Crippen molar-refractivity contribution in [2.24, 2.45) is 0 Å². The number of nitrogens with zero attached hydrogens (tertiary/aromatic N) is 5. The van der Waals surface area contributed by atoms with Crippen molar-refractivity contribution in [3.05, 3.63) is 52.2 Å². The maximum absolute atomic E-state index is 13.6. The minimum Gasteiger partial charge on any atom is -0.444 e. The Hall–Kier alpha value is -3.70. The number of amides is 2. The minimum absolute atomic E-state index is 0.163. The normalized spacial score (nSPS) is 16.4. The van der Waals surface area contributed by atoms with Gasteiger partial charge in [0.25, 0.3) is 5.91 Å². The number of carbonyl (C=O) groups is 2. The summed E-state index contributed by atoms with van der Waals surface area (Å²) in [5, 5.41) is 7.44. The van der Waals surface area contributed by atoms with Crippen molar-refractivity contribution in [1.82, 2.24) is 35.1 Å². The minimum atomic E-state index is -0.598. The fourth-order valence-corrected chi connectivity index (χ4v) is 5.10. The van der Waals surface area contributed by atoms with E-state index in [2.05, 4.69) is 35.6 Å². The Morgan fingerprint density at radius 3 is 2.77 bits per heavy atom. The Morgan fingerprint density at radius 2 is 2.00 bits per heavy atom. The van der Waals surface area contributed by atoms with E-state index in [-0.39, 0.29) is 23.0 Å². The van der Waals surface area contributed by atoms with Crippen molar-refractivity contribution in [2.45, 2.75) is 58.2 Å². The van der Waals surface area contributed by atoms with Crippen LogP contribution in [0.5, 0.6) is 0 Å². The third-order valence-corrected chi connectivity index (χ3v) is 7.09. The molecule has 2 amide bonds. The molecule has 3 aromatic heterocycles. The van der Waals surface area contributed by atoms with Gasteiger partial charge in [-0.3, -0.25) is 4.79 Å². The van der Waals surface area contributed by atoms with Crippen molar-refractivity contribution in [2.75, 3.05) is 18.4 Å². The number of fused-ring (bicyclic) bond motifs is 2. The van der Waals surface area contributed by atoms with Gasteiger partial charge in [-0.25, -0.2) is 24.7 Å². The highest BCUT2D eigenvalue weighted by Gasteiger charge is 2.31. The summed E-state index contributed by atoms with van der Waals surface area (Å²) >= 11 is 12.7. The van der Waals surface area contributed by atoms with E-state index >= 15 is 0 Å². The van der Waals surface area contributed by atoms with Gasteiger partial charge in [0.1, 0.15) is 28.7 Å². The Kier molecular flexibility index (Phi) is 7.70. The van der Waals surface area contributed by atoms with Crippen LogP contribution in [0.3, 0.4) is 0 Å². The maximum Gasteiger partial charge on any atom is 0.407 e. The van der Waals surface area contributed by atoms with E-state index in [9.17, 15) is 9.59 Å². The molecule has 3 N–H and O–H groups in total. The molecule has 1 saturated heterocycles. The molecular weight excluding hydrogens is 555 g/mol. The number of rotatable bonds is 6. The Bertz CT molecular complexity index is 1590. The summed E-state index contributed by atoms with van der Waals surface area (Å²) < 4.78 is 5.32. The molecule has 4 aromatic rings. The van der Waals surface area contributed by atoms with Gasteiger partial charge in [-0.1, -0.05) is 23.2 Å². The summed E-state index contributed by atoms with van der Waals surface area (Å²) in [5.41, 5.74) is 1.61. The van der Waals surface area contributed by atoms with Gasteiger partial charge in [-0.05, 0) is 64.8 Å². The summed E-state index contributed by atoms with van der Waals surface area (Å²) in [6.45, 7) is 8.21. The van der Waals surface area contributed by atoms with Crippen molar-refractivity contribution in [3.8, 4) is 0 Å². The Balaban J connectivity index is 1.34. The molecule has 13 heteroatoms. The van der Waals surface area contributed by atoms with Gasteiger partial charge in [-0.2, -0.15) is 0 Å². The molecule has 5 rings (SSSR count). The molecule has 1 aliphatic rings. The van der Waals surface area contributed by atoms with Crippen LogP contribution in [-0.2, 0) is 4.74 Å². The zero-order chi connectivity index (χ0) is 28.6. The molecule has 11 nitrogen and oxygen atoms in total. The average Bonchev–Trinajstić information content (AvgIpc) is 3.53. The highest BCUT2D eigenvalue weighted by atomic mass is 35.5. The maximum atomic E-state index is 13.6. The molecule has 1 fully saturated rings. The number of likely N-dealkylation sites (tertiary alicyclic amines) is 1. The molecule has 1 aromatic carbocycles. The lowest BCUT2D eigenvalue weighted by Gasteiger charge is -2.26. The topological polar surface area (TPSA) is 138 Å². The third-order valence-electron chi connectivity index (χ3n) is 6.57. The molecule has 1 unspecified atom stereocenters. The lowest BCUT2D eigenvalue weighted by molar-refractivity contribution is 0.0501. The van der Waals surface area contributed by atoms with Crippen LogP contribution in [0.4, 0.5) is 10.6 Å². The largest absolute Gasteiger partial charge is 0.444 e. The van der Waals surface area contributed by atoms with Gasteiger partial charge in [-0.15, -0.1) is 0 Å². The number of ether oxygens (including phenoxy) is 1. The number of alkyl carbamates (subject to hydrolysis) is 1. The number of aromatic nitrogens is 5. The van der Waals surface area contributed by atoms with Crippen LogP contribution in [0.25, 0.3) is 22.1 Å². The van der Waals surface area contributed by atoms with Crippen molar-refractivity contribution < 1.29 is 14.3 Å². The number of anilines is 1. The van der Waals surface area contributed by atoms with Crippen LogP contribution >= 0.6 is 23.2 Å². The fourth-order valence-electron chi connectivity index (χ4n) is 4.71. The van der Waals surface area contributed by atoms with Gasteiger partial charge in [0, 0.05) is 24.5 Å². The second kappa shape index (κ2) is 11.1. The van der Waals surface area contributed by atoms with E-state index in [4.69, 9.17) is 27.9 Å². The van der Waals surface area contributed by atoms with Crippen LogP contribution in [0.15, 0.2) is 30.6 Å². The molecule has 0 aliphatic carbocycles. The highest BCUT2D eigenvalue weighted by molar-refractivity contribution is 6.35. The highest BCUT2D eigenvalue weighted by Crippen LogP contribution is 2.31. The lowest BCUT2D eigenvalue weighted by Crippen LogP contribution is -2.44.